The third kappa shape index (κ3) is 2.17. The van der Waals surface area contributed by atoms with Crippen LogP contribution in [0.25, 0.3) is 0 Å². The lowest BCUT2D eigenvalue weighted by Crippen LogP contribution is -2.03. The van der Waals surface area contributed by atoms with Crippen molar-refractivity contribution in [2.75, 3.05) is 5.75 Å². The molecule has 0 spiro atoms. The second kappa shape index (κ2) is 4.00. The van der Waals surface area contributed by atoms with E-state index in [9.17, 15) is 4.79 Å². The molecule has 3 heteroatoms. The van der Waals surface area contributed by atoms with Crippen LogP contribution >= 0.6 is 11.8 Å². The van der Waals surface area contributed by atoms with Gasteiger partial charge in [0.1, 0.15) is 0 Å². The highest BCUT2D eigenvalue weighted by Crippen LogP contribution is 2.59. The number of hydrogen-bond acceptors (Lipinski definition) is 2. The first-order valence-corrected chi connectivity index (χ1v) is 6.92. The molecule has 0 amide bonds. The molecule has 0 aliphatic heterocycles. The van der Waals surface area contributed by atoms with Gasteiger partial charge in [0.15, 0.2) is 0 Å². The Morgan fingerprint density at radius 3 is 2.47 bits per heavy atom. The quantitative estimate of drug-likeness (QED) is 0.803. The number of hydrogen-bond donors (Lipinski definition) is 1. The Morgan fingerprint density at radius 2 is 2.00 bits per heavy atom. The van der Waals surface area contributed by atoms with Crippen LogP contribution in [0.15, 0.2) is 0 Å². The molecule has 2 nitrogen and oxygen atoms in total. The maximum absolute atomic E-state index is 11.0. The molecule has 0 saturated heterocycles. The van der Waals surface area contributed by atoms with Gasteiger partial charge in [0.2, 0.25) is 0 Å². The molecule has 2 fully saturated rings. The van der Waals surface area contributed by atoms with E-state index in [1.54, 1.807) is 0 Å². The molecule has 0 radical (unpaired) electrons. The molecule has 0 aromatic carbocycles. The molecular formula is C12H20O2S. The molecule has 15 heavy (non-hydrogen) atoms. The molecule has 0 aromatic heterocycles. The molecule has 0 heterocycles. The van der Waals surface area contributed by atoms with E-state index in [4.69, 9.17) is 5.11 Å². The van der Waals surface area contributed by atoms with Crippen LogP contribution in [-0.2, 0) is 4.79 Å². The minimum Gasteiger partial charge on any atom is -0.481 e. The average Bonchev–Trinajstić information content (AvgIpc) is 2.55. The molecule has 2 saturated carbocycles. The summed E-state index contributed by atoms with van der Waals surface area (Å²) in [6.45, 7) is 4.18. The van der Waals surface area contributed by atoms with Crippen LogP contribution in [0.2, 0.25) is 0 Å². The lowest BCUT2D eigenvalue weighted by atomic mass is 10.1. The van der Waals surface area contributed by atoms with Crippen LogP contribution in [0.1, 0.15) is 39.5 Å². The standard InChI is InChI=1S/C12H20O2S/c1-12(2)9(10(12)11(13)14)7-15-8-5-3-4-6-8/h8-10H,3-7H2,1-2H3,(H,13,14)/t9?,10-/m0/s1. The van der Waals surface area contributed by atoms with E-state index in [1.165, 1.54) is 25.7 Å². The summed E-state index contributed by atoms with van der Waals surface area (Å²) in [6, 6.07) is 0. The fourth-order valence-corrected chi connectivity index (χ4v) is 4.61. The average molecular weight is 228 g/mol. The summed E-state index contributed by atoms with van der Waals surface area (Å²) in [5, 5.41) is 9.86. The molecular weight excluding hydrogens is 208 g/mol. The largest absolute Gasteiger partial charge is 0.481 e. The summed E-state index contributed by atoms with van der Waals surface area (Å²) in [6.07, 6.45) is 5.42. The Labute approximate surface area is 95.8 Å². The second-order valence-corrected chi connectivity index (χ2v) is 6.82. The van der Waals surface area contributed by atoms with E-state index in [2.05, 4.69) is 13.8 Å². The van der Waals surface area contributed by atoms with Gasteiger partial charge < -0.3 is 5.11 Å². The van der Waals surface area contributed by atoms with Gasteiger partial charge in [0.25, 0.3) is 0 Å². The summed E-state index contributed by atoms with van der Waals surface area (Å²) in [7, 11) is 0. The van der Waals surface area contributed by atoms with Crippen molar-refractivity contribution in [2.24, 2.45) is 17.3 Å². The predicted molar refractivity (Wildman–Crippen MR) is 63.1 cm³/mol. The molecule has 2 aliphatic carbocycles. The van der Waals surface area contributed by atoms with Gasteiger partial charge in [-0.15, -0.1) is 0 Å². The molecule has 86 valence electrons. The van der Waals surface area contributed by atoms with Crippen molar-refractivity contribution in [3.8, 4) is 0 Å². The van der Waals surface area contributed by atoms with E-state index in [-0.39, 0.29) is 11.3 Å². The molecule has 2 atom stereocenters. The third-order valence-electron chi connectivity index (χ3n) is 4.13. The monoisotopic (exact) mass is 228 g/mol. The lowest BCUT2D eigenvalue weighted by molar-refractivity contribution is -0.139. The van der Waals surface area contributed by atoms with Gasteiger partial charge in [0.05, 0.1) is 5.92 Å². The molecule has 1 N–H and O–H groups in total. The Morgan fingerprint density at radius 1 is 1.40 bits per heavy atom. The minimum absolute atomic E-state index is 0.0391. The first-order chi connectivity index (χ1) is 7.03. The van der Waals surface area contributed by atoms with Crippen LogP contribution < -0.4 is 0 Å². The lowest BCUT2D eigenvalue weighted by Gasteiger charge is -2.08. The number of carbonyl (C=O) groups is 1. The molecule has 2 rings (SSSR count). The second-order valence-electron chi connectivity index (χ2n) is 5.48. The normalized spacial score (nSPS) is 34.3. The molecule has 0 aromatic rings. The number of thioether (sulfide) groups is 1. The van der Waals surface area contributed by atoms with Gasteiger partial charge in [-0.05, 0) is 29.9 Å². The van der Waals surface area contributed by atoms with Crippen molar-refractivity contribution in [2.45, 2.75) is 44.8 Å². The Balaban J connectivity index is 1.78. The van der Waals surface area contributed by atoms with Crippen molar-refractivity contribution in [3.63, 3.8) is 0 Å². The van der Waals surface area contributed by atoms with E-state index in [0.717, 1.165) is 11.0 Å². The van der Waals surface area contributed by atoms with Crippen molar-refractivity contribution < 1.29 is 9.90 Å². The molecule has 2 aliphatic rings. The highest BCUT2D eigenvalue weighted by atomic mass is 32.2. The van der Waals surface area contributed by atoms with Crippen LogP contribution in [0.3, 0.4) is 0 Å². The van der Waals surface area contributed by atoms with E-state index < -0.39 is 5.97 Å². The summed E-state index contributed by atoms with van der Waals surface area (Å²) in [4.78, 5) is 11.0. The number of carboxylic acid groups (broad SMARTS) is 1. The highest BCUT2D eigenvalue weighted by Gasteiger charge is 2.61. The van der Waals surface area contributed by atoms with Gasteiger partial charge in [-0.1, -0.05) is 26.7 Å². The Hall–Kier alpha value is -0.180. The first-order valence-electron chi connectivity index (χ1n) is 5.88. The maximum atomic E-state index is 11.0. The van der Waals surface area contributed by atoms with Gasteiger partial charge in [-0.25, -0.2) is 0 Å². The van der Waals surface area contributed by atoms with Crippen LogP contribution in [0.5, 0.6) is 0 Å². The zero-order valence-corrected chi connectivity index (χ0v) is 10.3. The fourth-order valence-electron chi connectivity index (χ4n) is 2.84. The first kappa shape index (κ1) is 11.3. The van der Waals surface area contributed by atoms with Crippen molar-refractivity contribution in [3.05, 3.63) is 0 Å². The van der Waals surface area contributed by atoms with Crippen LogP contribution in [0.4, 0.5) is 0 Å². The van der Waals surface area contributed by atoms with Crippen molar-refractivity contribution >= 4 is 17.7 Å². The number of carboxylic acids is 1. The van der Waals surface area contributed by atoms with Crippen LogP contribution in [-0.4, -0.2) is 22.1 Å². The number of rotatable bonds is 4. The van der Waals surface area contributed by atoms with E-state index in [0.29, 0.717) is 5.92 Å². The van der Waals surface area contributed by atoms with Crippen molar-refractivity contribution in [1.29, 1.82) is 0 Å². The smallest absolute Gasteiger partial charge is 0.307 e. The summed E-state index contributed by atoms with van der Waals surface area (Å²) in [5.41, 5.74) is 0.0391. The zero-order valence-electron chi connectivity index (χ0n) is 9.53. The van der Waals surface area contributed by atoms with Gasteiger partial charge in [0, 0.05) is 5.25 Å². The van der Waals surface area contributed by atoms with E-state index >= 15 is 0 Å². The third-order valence-corrected chi connectivity index (χ3v) is 5.62. The predicted octanol–water partition coefficient (Wildman–Crippen LogP) is 3.02. The fraction of sp³-hybridized carbons (Fsp3) is 0.917. The van der Waals surface area contributed by atoms with Crippen LogP contribution in [0, 0.1) is 17.3 Å². The Bertz CT molecular complexity index is 256. The molecule has 0 bridgehead atoms. The Kier molecular flexibility index (Phi) is 3.02. The summed E-state index contributed by atoms with van der Waals surface area (Å²) in [5.74, 6) is 0.762. The highest BCUT2D eigenvalue weighted by molar-refractivity contribution is 7.99. The van der Waals surface area contributed by atoms with E-state index in [1.807, 2.05) is 11.8 Å². The van der Waals surface area contributed by atoms with Gasteiger partial charge in [-0.2, -0.15) is 11.8 Å². The SMILES string of the molecule is CC1(C)C(CSC2CCCC2)[C@H]1C(=O)O. The number of aliphatic carboxylic acids is 1. The van der Waals surface area contributed by atoms with Gasteiger partial charge in [-0.3, -0.25) is 4.79 Å². The zero-order chi connectivity index (χ0) is 11.1. The van der Waals surface area contributed by atoms with Gasteiger partial charge >= 0.3 is 5.97 Å². The summed E-state index contributed by atoms with van der Waals surface area (Å²) < 4.78 is 0. The van der Waals surface area contributed by atoms with Crippen molar-refractivity contribution in [1.82, 2.24) is 0 Å². The maximum Gasteiger partial charge on any atom is 0.307 e. The topological polar surface area (TPSA) is 37.3 Å². The minimum atomic E-state index is -0.600. The molecule has 1 unspecified atom stereocenters. The summed E-state index contributed by atoms with van der Waals surface area (Å²) >= 11 is 2.01.